The van der Waals surface area contributed by atoms with Crippen molar-refractivity contribution in [1.82, 2.24) is 14.8 Å². The topological polar surface area (TPSA) is 54.5 Å². The lowest BCUT2D eigenvalue weighted by Crippen LogP contribution is -2.04. The van der Waals surface area contributed by atoms with E-state index < -0.39 is 0 Å². The number of rotatable bonds is 1. The molecule has 0 aromatic carbocycles. The zero-order valence-corrected chi connectivity index (χ0v) is 10.5. The van der Waals surface area contributed by atoms with Crippen molar-refractivity contribution in [3.8, 4) is 11.9 Å². The van der Waals surface area contributed by atoms with Crippen LogP contribution in [0.1, 0.15) is 17.0 Å². The predicted molar refractivity (Wildman–Crippen MR) is 63.2 cm³/mol. The van der Waals surface area contributed by atoms with E-state index in [9.17, 15) is 0 Å². The van der Waals surface area contributed by atoms with Gasteiger partial charge in [0.15, 0.2) is 5.82 Å². The molecule has 0 aliphatic heterocycles. The summed E-state index contributed by atoms with van der Waals surface area (Å²) in [5.74, 6) is 0.566. The summed E-state index contributed by atoms with van der Waals surface area (Å²) in [5, 5.41) is 13.3. The van der Waals surface area contributed by atoms with Gasteiger partial charge in [0.25, 0.3) is 0 Å². The van der Waals surface area contributed by atoms with Crippen LogP contribution in [0.25, 0.3) is 5.82 Å². The molecule has 0 bridgehead atoms. The molecule has 0 saturated heterocycles. The Kier molecular flexibility index (Phi) is 2.75. The van der Waals surface area contributed by atoms with Crippen molar-refractivity contribution < 1.29 is 0 Å². The van der Waals surface area contributed by atoms with Gasteiger partial charge >= 0.3 is 0 Å². The van der Waals surface area contributed by atoms with Crippen LogP contribution in [0.4, 0.5) is 0 Å². The molecule has 0 atom stereocenters. The van der Waals surface area contributed by atoms with Crippen LogP contribution in [-0.2, 0) is 0 Å². The van der Waals surface area contributed by atoms with E-state index in [2.05, 4.69) is 32.1 Å². The summed E-state index contributed by atoms with van der Waals surface area (Å²) in [6.45, 7) is 3.84. The van der Waals surface area contributed by atoms with Gasteiger partial charge < -0.3 is 0 Å². The summed E-state index contributed by atoms with van der Waals surface area (Å²) in [6.07, 6.45) is 1.65. The molecule has 0 radical (unpaired) electrons. The summed E-state index contributed by atoms with van der Waals surface area (Å²) in [4.78, 5) is 4.19. The standard InChI is InChI=1S/C11H9BrN4/c1-7-10(12)8(2)16(15-7)11-9(6-13)4-3-5-14-11/h3-5H,1-2H3. The Morgan fingerprint density at radius 2 is 2.19 bits per heavy atom. The molecule has 0 saturated carbocycles. The molecule has 2 aromatic rings. The second-order valence-electron chi connectivity index (χ2n) is 3.38. The average molecular weight is 277 g/mol. The highest BCUT2D eigenvalue weighted by molar-refractivity contribution is 9.10. The van der Waals surface area contributed by atoms with Crippen LogP contribution in [0.2, 0.25) is 0 Å². The Morgan fingerprint density at radius 3 is 2.75 bits per heavy atom. The molecule has 5 heteroatoms. The number of nitriles is 1. The van der Waals surface area contributed by atoms with E-state index in [4.69, 9.17) is 5.26 Å². The second kappa shape index (κ2) is 4.06. The van der Waals surface area contributed by atoms with Crippen molar-refractivity contribution >= 4 is 15.9 Å². The number of halogens is 1. The van der Waals surface area contributed by atoms with Crippen LogP contribution in [0, 0.1) is 25.2 Å². The van der Waals surface area contributed by atoms with Crippen LogP contribution < -0.4 is 0 Å². The number of aromatic nitrogens is 3. The first-order valence-electron chi connectivity index (χ1n) is 4.72. The molecule has 4 nitrogen and oxygen atoms in total. The van der Waals surface area contributed by atoms with E-state index in [0.717, 1.165) is 15.9 Å². The van der Waals surface area contributed by atoms with Gasteiger partial charge in [-0.15, -0.1) is 0 Å². The van der Waals surface area contributed by atoms with Gasteiger partial charge in [0.05, 0.1) is 21.4 Å². The summed E-state index contributed by atoms with van der Waals surface area (Å²) in [5.41, 5.74) is 2.33. The van der Waals surface area contributed by atoms with Crippen LogP contribution in [-0.4, -0.2) is 14.8 Å². The smallest absolute Gasteiger partial charge is 0.171 e. The SMILES string of the molecule is Cc1nn(-c2ncccc2C#N)c(C)c1Br. The fourth-order valence-corrected chi connectivity index (χ4v) is 1.73. The van der Waals surface area contributed by atoms with Gasteiger partial charge in [-0.1, -0.05) is 0 Å². The average Bonchev–Trinajstić information content (AvgIpc) is 2.57. The fourth-order valence-electron chi connectivity index (χ4n) is 1.48. The Morgan fingerprint density at radius 1 is 1.44 bits per heavy atom. The largest absolute Gasteiger partial charge is 0.236 e. The Balaban J connectivity index is 2.69. The molecule has 2 rings (SSSR count). The Bertz CT molecular complexity index is 580. The van der Waals surface area contributed by atoms with Crippen molar-refractivity contribution in [3.63, 3.8) is 0 Å². The molecule has 0 N–H and O–H groups in total. The molecule has 0 aliphatic carbocycles. The number of pyridine rings is 1. The normalized spacial score (nSPS) is 10.1. The Hall–Kier alpha value is -1.67. The highest BCUT2D eigenvalue weighted by Gasteiger charge is 2.13. The lowest BCUT2D eigenvalue weighted by molar-refractivity contribution is 0.803. The van der Waals surface area contributed by atoms with Crippen molar-refractivity contribution in [2.45, 2.75) is 13.8 Å². The van der Waals surface area contributed by atoms with Gasteiger partial charge in [0.1, 0.15) is 6.07 Å². The molecule has 0 unspecified atom stereocenters. The van der Waals surface area contributed by atoms with Crippen LogP contribution in [0.15, 0.2) is 22.8 Å². The molecular weight excluding hydrogens is 268 g/mol. The third-order valence-corrected chi connectivity index (χ3v) is 3.46. The van der Waals surface area contributed by atoms with E-state index in [0.29, 0.717) is 11.4 Å². The third-order valence-electron chi connectivity index (χ3n) is 2.31. The molecule has 0 amide bonds. The first-order chi connectivity index (χ1) is 7.65. The van der Waals surface area contributed by atoms with Crippen LogP contribution in [0.5, 0.6) is 0 Å². The van der Waals surface area contributed by atoms with E-state index in [1.54, 1.807) is 23.0 Å². The molecule has 80 valence electrons. The van der Waals surface area contributed by atoms with Crippen LogP contribution in [0.3, 0.4) is 0 Å². The lowest BCUT2D eigenvalue weighted by Gasteiger charge is -2.04. The van der Waals surface area contributed by atoms with Crippen molar-refractivity contribution in [2.24, 2.45) is 0 Å². The minimum Gasteiger partial charge on any atom is -0.236 e. The number of nitrogens with zero attached hydrogens (tertiary/aromatic N) is 4. The summed E-state index contributed by atoms with van der Waals surface area (Å²) < 4.78 is 2.62. The van der Waals surface area contributed by atoms with Gasteiger partial charge in [0.2, 0.25) is 0 Å². The van der Waals surface area contributed by atoms with Gasteiger partial charge in [-0.05, 0) is 41.9 Å². The van der Waals surface area contributed by atoms with Crippen molar-refractivity contribution in [2.75, 3.05) is 0 Å². The first-order valence-corrected chi connectivity index (χ1v) is 5.51. The number of hydrogen-bond acceptors (Lipinski definition) is 3. The third kappa shape index (κ3) is 1.61. The monoisotopic (exact) mass is 276 g/mol. The minimum absolute atomic E-state index is 0.514. The maximum atomic E-state index is 9.00. The van der Waals surface area contributed by atoms with E-state index in [1.165, 1.54) is 0 Å². The molecule has 0 aliphatic rings. The fraction of sp³-hybridized carbons (Fsp3) is 0.182. The Labute approximate surface area is 102 Å². The number of hydrogen-bond donors (Lipinski definition) is 0. The number of aryl methyl sites for hydroxylation is 1. The molecule has 2 heterocycles. The highest BCUT2D eigenvalue weighted by Crippen LogP contribution is 2.23. The second-order valence-corrected chi connectivity index (χ2v) is 4.18. The molecule has 0 spiro atoms. The summed E-state index contributed by atoms with van der Waals surface area (Å²) in [7, 11) is 0. The highest BCUT2D eigenvalue weighted by atomic mass is 79.9. The molecule has 16 heavy (non-hydrogen) atoms. The van der Waals surface area contributed by atoms with Gasteiger partial charge in [-0.2, -0.15) is 10.4 Å². The first kappa shape index (κ1) is 10.8. The quantitative estimate of drug-likeness (QED) is 0.804. The van der Waals surface area contributed by atoms with Crippen molar-refractivity contribution in [3.05, 3.63) is 39.8 Å². The molecular formula is C11H9BrN4. The van der Waals surface area contributed by atoms with E-state index >= 15 is 0 Å². The van der Waals surface area contributed by atoms with Gasteiger partial charge in [-0.25, -0.2) is 9.67 Å². The van der Waals surface area contributed by atoms with Gasteiger partial charge in [-0.3, -0.25) is 0 Å². The zero-order valence-electron chi connectivity index (χ0n) is 8.90. The lowest BCUT2D eigenvalue weighted by atomic mass is 10.3. The molecule has 0 fully saturated rings. The summed E-state index contributed by atoms with van der Waals surface area (Å²) in [6, 6.07) is 5.58. The maximum absolute atomic E-state index is 9.00. The van der Waals surface area contributed by atoms with E-state index in [1.807, 2.05) is 13.8 Å². The summed E-state index contributed by atoms with van der Waals surface area (Å²) >= 11 is 3.45. The zero-order chi connectivity index (χ0) is 11.7. The maximum Gasteiger partial charge on any atom is 0.171 e. The van der Waals surface area contributed by atoms with E-state index in [-0.39, 0.29) is 0 Å². The van der Waals surface area contributed by atoms with Crippen LogP contribution >= 0.6 is 15.9 Å². The van der Waals surface area contributed by atoms with Gasteiger partial charge in [0, 0.05) is 6.20 Å². The molecule has 2 aromatic heterocycles. The minimum atomic E-state index is 0.514. The van der Waals surface area contributed by atoms with Crippen molar-refractivity contribution in [1.29, 1.82) is 5.26 Å². The predicted octanol–water partition coefficient (Wildman–Crippen LogP) is 2.52.